The molecule has 0 aliphatic heterocycles. The van der Waals surface area contributed by atoms with Gasteiger partial charge in [0.2, 0.25) is 17.7 Å². The minimum absolute atomic E-state index is 0.0840. The normalized spacial score (nSPS) is 39.7. The molecule has 7 nitrogen and oxygen atoms in total. The number of alkyl halides is 3. The molecule has 1 amide bonds. The Labute approximate surface area is 172 Å². The fraction of sp³-hybridized carbons (Fsp3) is 0.850. The summed E-state index contributed by atoms with van der Waals surface area (Å²) in [5.41, 5.74) is -0.411. The fourth-order valence-corrected chi connectivity index (χ4v) is 5.65. The Kier molecular flexibility index (Phi) is 4.66. The third kappa shape index (κ3) is 3.72. The van der Waals surface area contributed by atoms with Crippen molar-refractivity contribution in [1.29, 1.82) is 0 Å². The van der Waals surface area contributed by atoms with Gasteiger partial charge in [0.25, 0.3) is 0 Å². The first kappa shape index (κ1) is 20.2. The first-order valence-electron chi connectivity index (χ1n) is 10.6. The molecule has 2 atom stereocenters. The van der Waals surface area contributed by atoms with E-state index in [9.17, 15) is 18.0 Å². The summed E-state index contributed by atoms with van der Waals surface area (Å²) in [6.45, 7) is 2.30. The summed E-state index contributed by atoms with van der Waals surface area (Å²) in [6, 6.07) is 0. The molecule has 1 aromatic rings. The highest BCUT2D eigenvalue weighted by atomic mass is 19.4. The monoisotopic (exact) mass is 429 g/mol. The average molecular weight is 429 g/mol. The number of carbonyl (C=O) groups is 1. The summed E-state index contributed by atoms with van der Waals surface area (Å²) < 4.78 is 52.2. The van der Waals surface area contributed by atoms with E-state index >= 15 is 0 Å². The number of rotatable bonds is 7. The molecule has 10 heteroatoms. The maximum atomic E-state index is 12.2. The van der Waals surface area contributed by atoms with Crippen LogP contribution in [0.2, 0.25) is 0 Å². The Morgan fingerprint density at radius 1 is 1.17 bits per heavy atom. The SMILES string of the molecule is C[C@@H]1CC[C@H](OCC(=O)NC23CC(c4nnc(C5CC(OC(F)(F)F)C5)o4)(C2)C3)C1. The zero-order valence-corrected chi connectivity index (χ0v) is 16.8. The van der Waals surface area contributed by atoms with Crippen molar-refractivity contribution >= 4 is 5.91 Å². The number of hydrogen-bond acceptors (Lipinski definition) is 6. The molecule has 6 rings (SSSR count). The van der Waals surface area contributed by atoms with Crippen LogP contribution in [-0.2, 0) is 19.7 Å². The quantitative estimate of drug-likeness (QED) is 0.716. The van der Waals surface area contributed by atoms with Gasteiger partial charge >= 0.3 is 6.36 Å². The van der Waals surface area contributed by atoms with Gasteiger partial charge in [0.1, 0.15) is 6.61 Å². The summed E-state index contributed by atoms with van der Waals surface area (Å²) in [7, 11) is 0. The van der Waals surface area contributed by atoms with E-state index < -0.39 is 12.5 Å². The van der Waals surface area contributed by atoms with Crippen LogP contribution in [0, 0.1) is 5.92 Å². The van der Waals surface area contributed by atoms with E-state index in [0.717, 1.165) is 38.5 Å². The molecule has 0 aromatic carbocycles. The molecule has 30 heavy (non-hydrogen) atoms. The zero-order valence-electron chi connectivity index (χ0n) is 16.8. The maximum Gasteiger partial charge on any atom is 0.522 e. The predicted octanol–water partition coefficient (Wildman–Crippen LogP) is 3.35. The molecule has 0 unspecified atom stereocenters. The molecular formula is C20H26F3N3O4. The van der Waals surface area contributed by atoms with Gasteiger partial charge in [-0.2, -0.15) is 0 Å². The number of carbonyl (C=O) groups excluding carboxylic acids is 1. The number of ether oxygens (including phenoxy) is 2. The number of halogens is 3. The molecule has 2 bridgehead atoms. The van der Waals surface area contributed by atoms with Crippen molar-refractivity contribution in [2.75, 3.05) is 6.61 Å². The first-order valence-corrected chi connectivity index (χ1v) is 10.6. The van der Waals surface area contributed by atoms with Crippen molar-refractivity contribution in [3.8, 4) is 0 Å². The Balaban J connectivity index is 1.07. The first-order chi connectivity index (χ1) is 14.1. The van der Waals surface area contributed by atoms with Crippen LogP contribution in [0.1, 0.15) is 76.0 Å². The van der Waals surface area contributed by atoms with Crippen LogP contribution < -0.4 is 5.32 Å². The van der Waals surface area contributed by atoms with Crippen LogP contribution >= 0.6 is 0 Å². The van der Waals surface area contributed by atoms with Gasteiger partial charge in [-0.3, -0.25) is 9.53 Å². The molecule has 1 heterocycles. The van der Waals surface area contributed by atoms with Crippen molar-refractivity contribution in [2.24, 2.45) is 5.92 Å². The molecule has 0 radical (unpaired) electrons. The number of aromatic nitrogens is 2. The maximum absolute atomic E-state index is 12.2. The van der Waals surface area contributed by atoms with Crippen molar-refractivity contribution in [1.82, 2.24) is 15.5 Å². The Morgan fingerprint density at radius 2 is 1.90 bits per heavy atom. The largest absolute Gasteiger partial charge is 0.522 e. The van der Waals surface area contributed by atoms with Gasteiger partial charge in [0.15, 0.2) is 0 Å². The second kappa shape index (κ2) is 6.91. The number of nitrogens with zero attached hydrogens (tertiary/aromatic N) is 2. The van der Waals surface area contributed by atoms with E-state index in [1.54, 1.807) is 0 Å². The standard InChI is InChI=1S/C20H26F3N3O4/c1-11-2-3-13(4-11)28-7-15(27)24-19-8-18(9-19,10-19)17-26-25-16(29-17)12-5-14(6-12)30-20(21,22)23/h11-14H,2-10H2,1H3,(H,24,27)/t11-,12?,13+,14?,18?,19?/m1/s1. The number of hydrogen-bond donors (Lipinski definition) is 1. The molecule has 5 saturated carbocycles. The molecular weight excluding hydrogens is 403 g/mol. The van der Waals surface area contributed by atoms with Gasteiger partial charge in [-0.1, -0.05) is 6.92 Å². The Hall–Kier alpha value is -1.68. The van der Waals surface area contributed by atoms with E-state index in [-0.39, 0.29) is 48.3 Å². The molecule has 5 aliphatic carbocycles. The molecule has 166 valence electrons. The number of amides is 1. The summed E-state index contributed by atoms with van der Waals surface area (Å²) >= 11 is 0. The van der Waals surface area contributed by atoms with Gasteiger partial charge in [-0.15, -0.1) is 23.4 Å². The van der Waals surface area contributed by atoms with Crippen LogP contribution in [-0.4, -0.2) is 46.8 Å². The van der Waals surface area contributed by atoms with Crippen LogP contribution in [0.4, 0.5) is 13.2 Å². The van der Waals surface area contributed by atoms with E-state index in [4.69, 9.17) is 9.15 Å². The van der Waals surface area contributed by atoms with Crippen LogP contribution in [0.15, 0.2) is 4.42 Å². The topological polar surface area (TPSA) is 86.5 Å². The van der Waals surface area contributed by atoms with E-state index in [2.05, 4.69) is 27.2 Å². The smallest absolute Gasteiger partial charge is 0.424 e. The highest BCUT2D eigenvalue weighted by Gasteiger charge is 2.71. The third-order valence-corrected chi connectivity index (χ3v) is 7.17. The molecule has 5 fully saturated rings. The van der Waals surface area contributed by atoms with Gasteiger partial charge in [-0.05, 0) is 57.3 Å². The Bertz CT molecular complexity index is 801. The van der Waals surface area contributed by atoms with Gasteiger partial charge < -0.3 is 14.5 Å². The van der Waals surface area contributed by atoms with E-state index in [1.807, 2.05) is 0 Å². The minimum Gasteiger partial charge on any atom is -0.424 e. The van der Waals surface area contributed by atoms with E-state index in [1.165, 1.54) is 0 Å². The average Bonchev–Trinajstić information content (AvgIpc) is 3.19. The zero-order chi connectivity index (χ0) is 21.1. The summed E-state index contributed by atoms with van der Waals surface area (Å²) in [6.07, 6.45) is 0.638. The summed E-state index contributed by atoms with van der Waals surface area (Å²) in [5, 5.41) is 11.3. The van der Waals surface area contributed by atoms with Crippen LogP contribution in [0.3, 0.4) is 0 Å². The molecule has 5 aliphatic rings. The number of nitrogens with one attached hydrogen (secondary N) is 1. The van der Waals surface area contributed by atoms with E-state index in [0.29, 0.717) is 17.7 Å². The van der Waals surface area contributed by atoms with Gasteiger partial charge in [0.05, 0.1) is 17.6 Å². The summed E-state index contributed by atoms with van der Waals surface area (Å²) in [4.78, 5) is 12.2. The lowest BCUT2D eigenvalue weighted by Crippen LogP contribution is -2.77. The highest BCUT2D eigenvalue weighted by molar-refractivity contribution is 5.79. The Morgan fingerprint density at radius 3 is 2.53 bits per heavy atom. The van der Waals surface area contributed by atoms with Gasteiger partial charge in [-0.25, -0.2) is 0 Å². The third-order valence-electron chi connectivity index (χ3n) is 7.17. The minimum atomic E-state index is -4.61. The van der Waals surface area contributed by atoms with Crippen molar-refractivity contribution in [2.45, 2.75) is 93.7 Å². The molecule has 0 spiro atoms. The highest BCUT2D eigenvalue weighted by Crippen LogP contribution is 2.67. The lowest BCUT2D eigenvalue weighted by Gasteiger charge is -2.68. The molecule has 1 aromatic heterocycles. The second-order valence-corrected chi connectivity index (χ2v) is 9.79. The van der Waals surface area contributed by atoms with Crippen molar-refractivity contribution < 1.29 is 31.9 Å². The summed E-state index contributed by atoms with van der Waals surface area (Å²) in [5.74, 6) is 1.31. The van der Waals surface area contributed by atoms with Gasteiger partial charge in [0, 0.05) is 11.5 Å². The lowest BCUT2D eigenvalue weighted by atomic mass is 9.39. The predicted molar refractivity (Wildman–Crippen MR) is 96.4 cm³/mol. The van der Waals surface area contributed by atoms with Crippen LogP contribution in [0.25, 0.3) is 0 Å². The van der Waals surface area contributed by atoms with Crippen molar-refractivity contribution in [3.05, 3.63) is 11.8 Å². The molecule has 1 N–H and O–H groups in total. The van der Waals surface area contributed by atoms with Crippen LogP contribution in [0.5, 0.6) is 0 Å². The molecule has 0 saturated heterocycles. The lowest BCUT2D eigenvalue weighted by molar-refractivity contribution is -0.352. The van der Waals surface area contributed by atoms with Crippen molar-refractivity contribution in [3.63, 3.8) is 0 Å². The second-order valence-electron chi connectivity index (χ2n) is 9.79. The fourth-order valence-electron chi connectivity index (χ4n) is 5.65.